The molecule has 0 radical (unpaired) electrons. The van der Waals surface area contributed by atoms with Crippen LogP contribution < -0.4 is 5.32 Å². The Kier molecular flexibility index (Phi) is 4.37. The molecule has 26 heavy (non-hydrogen) atoms. The molecular weight excluding hydrogens is 346 g/mol. The molecule has 2 aromatic carbocycles. The predicted molar refractivity (Wildman–Crippen MR) is 102 cm³/mol. The van der Waals surface area contributed by atoms with Crippen LogP contribution in [0.5, 0.6) is 0 Å². The second kappa shape index (κ2) is 6.56. The topological polar surface area (TPSA) is 66.4 Å². The van der Waals surface area contributed by atoms with Gasteiger partial charge < -0.3 is 5.11 Å². The zero-order valence-electron chi connectivity index (χ0n) is 14.6. The molecule has 2 amide bonds. The molecule has 1 aliphatic carbocycles. The highest BCUT2D eigenvalue weighted by molar-refractivity contribution is 8.15. The number of nitrogens with one attached hydrogen (secondary N) is 1. The normalized spacial score (nSPS) is 27.5. The molecule has 2 aromatic rings. The number of carbonyl (C=O) groups excluding carboxylic acids is 2. The van der Waals surface area contributed by atoms with Gasteiger partial charge in [-0.15, -0.1) is 0 Å². The van der Waals surface area contributed by atoms with Crippen molar-refractivity contribution in [2.75, 3.05) is 0 Å². The summed E-state index contributed by atoms with van der Waals surface area (Å²) in [6.45, 7) is 2.13. The van der Waals surface area contributed by atoms with E-state index in [0.717, 1.165) is 41.3 Å². The maximum Gasteiger partial charge on any atom is 0.286 e. The van der Waals surface area contributed by atoms with Crippen LogP contribution in [-0.2, 0) is 24.1 Å². The Morgan fingerprint density at radius 1 is 1.15 bits per heavy atom. The van der Waals surface area contributed by atoms with Crippen molar-refractivity contribution in [1.82, 2.24) is 5.32 Å². The van der Waals surface area contributed by atoms with Crippen molar-refractivity contribution in [3.05, 3.63) is 70.8 Å². The number of benzene rings is 2. The number of fused-ring (bicyclic) bond motifs is 1. The third-order valence-electron chi connectivity index (χ3n) is 5.40. The average Bonchev–Trinajstić information content (AvgIpc) is 3.04. The highest BCUT2D eigenvalue weighted by atomic mass is 32.2. The molecule has 4 nitrogen and oxygen atoms in total. The molecule has 1 aliphatic heterocycles. The number of hydrogen-bond donors (Lipinski definition) is 2. The molecule has 0 bridgehead atoms. The lowest BCUT2D eigenvalue weighted by Gasteiger charge is -2.28. The lowest BCUT2D eigenvalue weighted by atomic mass is 9.79. The molecule has 2 aliphatic rings. The van der Waals surface area contributed by atoms with Crippen molar-refractivity contribution in [1.29, 1.82) is 0 Å². The summed E-state index contributed by atoms with van der Waals surface area (Å²) in [5.41, 5.74) is 4.13. The quantitative estimate of drug-likeness (QED) is 0.869. The largest absolute Gasteiger partial charge is 0.388 e. The Bertz CT molecular complexity index is 867. The van der Waals surface area contributed by atoms with E-state index in [2.05, 4.69) is 30.4 Å². The Hall–Kier alpha value is -2.11. The van der Waals surface area contributed by atoms with Crippen LogP contribution in [0.25, 0.3) is 0 Å². The van der Waals surface area contributed by atoms with Gasteiger partial charge in [0, 0.05) is 5.41 Å². The van der Waals surface area contributed by atoms with Crippen LogP contribution >= 0.6 is 11.8 Å². The van der Waals surface area contributed by atoms with Crippen molar-refractivity contribution in [2.24, 2.45) is 5.41 Å². The first-order valence-electron chi connectivity index (χ1n) is 8.80. The molecule has 0 saturated carbocycles. The van der Waals surface area contributed by atoms with E-state index in [0.29, 0.717) is 6.42 Å². The van der Waals surface area contributed by atoms with Gasteiger partial charge in [0.1, 0.15) is 0 Å². The van der Waals surface area contributed by atoms with Crippen LogP contribution in [0.3, 0.4) is 0 Å². The number of amides is 2. The molecule has 5 heteroatoms. The van der Waals surface area contributed by atoms with Gasteiger partial charge in [0.05, 0.1) is 11.4 Å². The smallest absolute Gasteiger partial charge is 0.286 e. The summed E-state index contributed by atoms with van der Waals surface area (Å²) in [7, 11) is 0. The zero-order valence-corrected chi connectivity index (χ0v) is 15.4. The molecule has 1 fully saturated rings. The average molecular weight is 367 g/mol. The van der Waals surface area contributed by atoms with E-state index in [1.54, 1.807) is 0 Å². The summed E-state index contributed by atoms with van der Waals surface area (Å²) in [6.07, 6.45) is 1.64. The standard InChI is InChI=1S/C21H21NO3S/c1-21(11-13-5-3-2-4-6-13)12-15-9-14(7-8-16(15)18(21)23)10-17-19(24)22-20(25)26-17/h2-9,17-18,23H,10-12H2,1H3,(H,22,24,25). The number of hydrogen-bond acceptors (Lipinski definition) is 4. The van der Waals surface area contributed by atoms with Gasteiger partial charge in [-0.05, 0) is 41.5 Å². The highest BCUT2D eigenvalue weighted by Crippen LogP contribution is 2.47. The number of carbonyl (C=O) groups is 2. The van der Waals surface area contributed by atoms with Crippen LogP contribution in [0.1, 0.15) is 35.3 Å². The second-order valence-electron chi connectivity index (χ2n) is 7.52. The first-order valence-corrected chi connectivity index (χ1v) is 9.68. The second-order valence-corrected chi connectivity index (χ2v) is 8.69. The van der Waals surface area contributed by atoms with Crippen LogP contribution in [0.15, 0.2) is 48.5 Å². The van der Waals surface area contributed by atoms with Crippen molar-refractivity contribution < 1.29 is 14.7 Å². The SMILES string of the molecule is CC1(Cc2ccccc2)Cc2cc(CC3SC(=O)NC3=O)ccc2C1O. The molecule has 1 saturated heterocycles. The van der Waals surface area contributed by atoms with Gasteiger partial charge in [-0.25, -0.2) is 0 Å². The number of imide groups is 1. The summed E-state index contributed by atoms with van der Waals surface area (Å²) in [6, 6.07) is 16.3. The van der Waals surface area contributed by atoms with Gasteiger partial charge in [0.15, 0.2) is 0 Å². The summed E-state index contributed by atoms with van der Waals surface area (Å²) in [5.74, 6) is -0.213. The van der Waals surface area contributed by atoms with Crippen LogP contribution in [0.4, 0.5) is 4.79 Å². The number of aliphatic hydroxyl groups is 1. The summed E-state index contributed by atoms with van der Waals surface area (Å²) >= 11 is 1.05. The number of rotatable bonds is 4. The summed E-state index contributed by atoms with van der Waals surface area (Å²) in [4.78, 5) is 23.1. The Morgan fingerprint density at radius 2 is 1.92 bits per heavy atom. The monoisotopic (exact) mass is 367 g/mol. The Morgan fingerprint density at radius 3 is 2.62 bits per heavy atom. The minimum Gasteiger partial charge on any atom is -0.388 e. The van der Waals surface area contributed by atoms with E-state index in [4.69, 9.17) is 0 Å². The fourth-order valence-electron chi connectivity index (χ4n) is 4.08. The molecule has 134 valence electrons. The Labute approximate surface area is 157 Å². The first-order chi connectivity index (χ1) is 12.4. The van der Waals surface area contributed by atoms with Crippen LogP contribution in [-0.4, -0.2) is 21.5 Å². The predicted octanol–water partition coefficient (Wildman–Crippen LogP) is 3.42. The van der Waals surface area contributed by atoms with Gasteiger partial charge in [-0.3, -0.25) is 14.9 Å². The minimum absolute atomic E-state index is 0.213. The van der Waals surface area contributed by atoms with E-state index in [1.807, 2.05) is 30.3 Å². The van der Waals surface area contributed by atoms with Gasteiger partial charge in [-0.1, -0.05) is 67.2 Å². The molecular formula is C21H21NO3S. The van der Waals surface area contributed by atoms with Gasteiger partial charge in [0.2, 0.25) is 5.91 Å². The van der Waals surface area contributed by atoms with E-state index in [9.17, 15) is 14.7 Å². The maximum atomic E-state index is 11.8. The molecule has 2 N–H and O–H groups in total. The molecule has 0 aromatic heterocycles. The molecule has 4 rings (SSSR count). The van der Waals surface area contributed by atoms with Gasteiger partial charge in [-0.2, -0.15) is 0 Å². The third-order valence-corrected chi connectivity index (χ3v) is 6.38. The fourth-order valence-corrected chi connectivity index (χ4v) is 4.94. The van der Waals surface area contributed by atoms with Crippen molar-refractivity contribution in [3.8, 4) is 0 Å². The zero-order chi connectivity index (χ0) is 18.3. The molecule has 1 heterocycles. The molecule has 3 unspecified atom stereocenters. The molecule has 0 spiro atoms. The number of thioether (sulfide) groups is 1. The van der Waals surface area contributed by atoms with E-state index in [1.165, 1.54) is 5.56 Å². The third kappa shape index (κ3) is 3.17. The van der Waals surface area contributed by atoms with E-state index >= 15 is 0 Å². The lowest BCUT2D eigenvalue weighted by Crippen LogP contribution is -2.25. The first kappa shape index (κ1) is 17.3. The van der Waals surface area contributed by atoms with Crippen LogP contribution in [0, 0.1) is 5.41 Å². The van der Waals surface area contributed by atoms with Crippen LogP contribution in [0.2, 0.25) is 0 Å². The maximum absolute atomic E-state index is 11.8. The highest BCUT2D eigenvalue weighted by Gasteiger charge is 2.41. The van der Waals surface area contributed by atoms with E-state index < -0.39 is 6.10 Å². The minimum atomic E-state index is -0.502. The summed E-state index contributed by atoms with van der Waals surface area (Å²) < 4.78 is 0. The lowest BCUT2D eigenvalue weighted by molar-refractivity contribution is -0.118. The van der Waals surface area contributed by atoms with Crippen molar-refractivity contribution in [2.45, 2.75) is 37.5 Å². The Balaban J connectivity index is 1.54. The van der Waals surface area contributed by atoms with Crippen molar-refractivity contribution in [3.63, 3.8) is 0 Å². The van der Waals surface area contributed by atoms with Crippen molar-refractivity contribution >= 4 is 22.9 Å². The van der Waals surface area contributed by atoms with Gasteiger partial charge in [0.25, 0.3) is 5.24 Å². The fraction of sp³-hybridized carbons (Fsp3) is 0.333. The summed E-state index contributed by atoms with van der Waals surface area (Å²) in [5, 5.41) is 12.6. The molecule has 3 atom stereocenters. The van der Waals surface area contributed by atoms with E-state index in [-0.39, 0.29) is 21.8 Å². The number of aliphatic hydroxyl groups excluding tert-OH is 1. The van der Waals surface area contributed by atoms with Gasteiger partial charge >= 0.3 is 0 Å².